The van der Waals surface area contributed by atoms with Crippen LogP contribution in [-0.2, 0) is 0 Å². The molecule has 0 aromatic carbocycles. The Kier molecular flexibility index (Phi) is 2.05. The van der Waals surface area contributed by atoms with Gasteiger partial charge in [0.2, 0.25) is 0 Å². The maximum atomic E-state index is 12.8. The molecule has 0 fully saturated rings. The van der Waals surface area contributed by atoms with Crippen LogP contribution in [0.4, 0.5) is 4.39 Å². The van der Waals surface area contributed by atoms with Crippen molar-refractivity contribution in [3.63, 3.8) is 0 Å². The van der Waals surface area contributed by atoms with Crippen LogP contribution in [0.2, 0.25) is 0 Å². The van der Waals surface area contributed by atoms with Gasteiger partial charge < -0.3 is 0 Å². The third-order valence-corrected chi connectivity index (χ3v) is 1.57. The fraction of sp³-hybridized carbons (Fsp3) is 0.333. The van der Waals surface area contributed by atoms with Crippen LogP contribution in [0.1, 0.15) is 13.8 Å². The third kappa shape index (κ3) is 1.56. The van der Waals surface area contributed by atoms with Crippen molar-refractivity contribution in [1.82, 2.24) is 0 Å². The van der Waals surface area contributed by atoms with E-state index in [4.69, 9.17) is 0 Å². The predicted molar refractivity (Wildman–Crippen MR) is 41.3 cm³/mol. The van der Waals surface area contributed by atoms with E-state index in [2.05, 4.69) is 0 Å². The van der Waals surface area contributed by atoms with Gasteiger partial charge in [0.15, 0.2) is 0 Å². The highest BCUT2D eigenvalue weighted by molar-refractivity contribution is 5.31. The fourth-order valence-corrected chi connectivity index (χ4v) is 0.808. The minimum atomic E-state index is -0.124. The SMILES string of the molecule is CC1=C(F)C=CC(C)C=C1. The van der Waals surface area contributed by atoms with E-state index >= 15 is 0 Å². The van der Waals surface area contributed by atoms with Crippen LogP contribution >= 0.6 is 0 Å². The molecule has 0 N–H and O–H groups in total. The first-order chi connectivity index (χ1) is 4.70. The van der Waals surface area contributed by atoms with Gasteiger partial charge in [0, 0.05) is 0 Å². The molecule has 0 heterocycles. The highest BCUT2D eigenvalue weighted by Gasteiger charge is 1.99. The maximum Gasteiger partial charge on any atom is 0.125 e. The van der Waals surface area contributed by atoms with Gasteiger partial charge in [0.05, 0.1) is 0 Å². The summed E-state index contributed by atoms with van der Waals surface area (Å²) in [6.07, 6.45) is 7.18. The van der Waals surface area contributed by atoms with Crippen molar-refractivity contribution in [2.24, 2.45) is 5.92 Å². The van der Waals surface area contributed by atoms with Crippen molar-refractivity contribution in [2.45, 2.75) is 13.8 Å². The molecule has 0 radical (unpaired) electrons. The molecule has 0 saturated heterocycles. The Hall–Kier alpha value is -0.850. The van der Waals surface area contributed by atoms with Crippen LogP contribution in [-0.4, -0.2) is 0 Å². The molecule has 0 aliphatic heterocycles. The van der Waals surface area contributed by atoms with E-state index in [0.717, 1.165) is 0 Å². The lowest BCUT2D eigenvalue weighted by Crippen LogP contribution is -1.78. The second-order valence-electron chi connectivity index (χ2n) is 2.61. The van der Waals surface area contributed by atoms with Gasteiger partial charge >= 0.3 is 0 Å². The zero-order valence-electron chi connectivity index (χ0n) is 6.26. The van der Waals surface area contributed by atoms with E-state index in [-0.39, 0.29) is 5.83 Å². The Bertz CT molecular complexity index is 187. The predicted octanol–water partition coefficient (Wildman–Crippen LogP) is 2.99. The quantitative estimate of drug-likeness (QED) is 0.482. The van der Waals surface area contributed by atoms with Crippen LogP contribution in [0.5, 0.6) is 0 Å². The summed E-state index contributed by atoms with van der Waals surface area (Å²) in [5.74, 6) is 0.226. The van der Waals surface area contributed by atoms with E-state index < -0.39 is 0 Å². The average molecular weight is 138 g/mol. The molecule has 0 aromatic rings. The molecule has 1 rings (SSSR count). The van der Waals surface area contributed by atoms with Crippen LogP contribution in [0.25, 0.3) is 0 Å². The number of rotatable bonds is 0. The third-order valence-electron chi connectivity index (χ3n) is 1.57. The minimum Gasteiger partial charge on any atom is -0.207 e. The molecule has 0 aromatic heterocycles. The summed E-state index contributed by atoms with van der Waals surface area (Å²) in [4.78, 5) is 0. The lowest BCUT2D eigenvalue weighted by atomic mass is 10.1. The van der Waals surface area contributed by atoms with Crippen molar-refractivity contribution in [3.8, 4) is 0 Å². The highest BCUT2D eigenvalue weighted by Crippen LogP contribution is 2.15. The first-order valence-electron chi connectivity index (χ1n) is 3.43. The second kappa shape index (κ2) is 2.82. The van der Waals surface area contributed by atoms with Gasteiger partial charge in [-0.25, -0.2) is 4.39 Å². The molecule has 1 aliphatic carbocycles. The summed E-state index contributed by atoms with van der Waals surface area (Å²) in [5.41, 5.74) is 0.709. The lowest BCUT2D eigenvalue weighted by molar-refractivity contribution is 0.658. The molecular weight excluding hydrogens is 127 g/mol. The van der Waals surface area contributed by atoms with Gasteiger partial charge in [0.1, 0.15) is 5.83 Å². The molecule has 0 amide bonds. The molecule has 0 nitrogen and oxygen atoms in total. The molecule has 0 bridgehead atoms. The van der Waals surface area contributed by atoms with Gasteiger partial charge in [-0.1, -0.05) is 25.2 Å². The monoisotopic (exact) mass is 138 g/mol. The van der Waals surface area contributed by atoms with Crippen LogP contribution in [0.15, 0.2) is 35.7 Å². The molecule has 1 heteroatoms. The zero-order valence-corrected chi connectivity index (χ0v) is 6.26. The first kappa shape index (κ1) is 7.26. The summed E-state index contributed by atoms with van der Waals surface area (Å²) >= 11 is 0. The highest BCUT2D eigenvalue weighted by atomic mass is 19.1. The Morgan fingerprint density at radius 2 is 1.90 bits per heavy atom. The normalized spacial score (nSPS) is 25.3. The smallest absolute Gasteiger partial charge is 0.125 e. The first-order valence-corrected chi connectivity index (χ1v) is 3.43. The molecular formula is C9H11F. The van der Waals surface area contributed by atoms with Crippen LogP contribution in [0, 0.1) is 5.92 Å². The van der Waals surface area contributed by atoms with Crippen molar-refractivity contribution in [2.75, 3.05) is 0 Å². The van der Waals surface area contributed by atoms with E-state index in [9.17, 15) is 4.39 Å². The molecule has 0 spiro atoms. The maximum absolute atomic E-state index is 12.8. The summed E-state index contributed by atoms with van der Waals surface area (Å²) in [7, 11) is 0. The van der Waals surface area contributed by atoms with Gasteiger partial charge in [-0.3, -0.25) is 0 Å². The number of hydrogen-bond acceptors (Lipinski definition) is 0. The van der Waals surface area contributed by atoms with E-state index in [1.807, 2.05) is 25.2 Å². The minimum absolute atomic E-state index is 0.124. The fourth-order valence-electron chi connectivity index (χ4n) is 0.808. The molecule has 10 heavy (non-hydrogen) atoms. The Labute approximate surface area is 60.7 Å². The second-order valence-corrected chi connectivity index (χ2v) is 2.61. The summed E-state index contributed by atoms with van der Waals surface area (Å²) in [6, 6.07) is 0. The molecule has 1 unspecified atom stereocenters. The number of allylic oxidation sites excluding steroid dienone is 6. The zero-order chi connectivity index (χ0) is 7.56. The molecule has 0 saturated carbocycles. The summed E-state index contributed by atoms with van der Waals surface area (Å²) in [5, 5.41) is 0. The Balaban J connectivity index is 2.91. The lowest BCUT2D eigenvalue weighted by Gasteiger charge is -1.91. The average Bonchev–Trinajstić information content (AvgIpc) is 2.04. The molecule has 1 aliphatic rings. The standard InChI is InChI=1S/C9H11F/c1-7-3-5-8(2)9(10)6-4-7/h3-7H,1-2H3. The van der Waals surface area contributed by atoms with E-state index in [0.29, 0.717) is 11.5 Å². The van der Waals surface area contributed by atoms with Gasteiger partial charge in [-0.15, -0.1) is 0 Å². The Morgan fingerprint density at radius 1 is 1.30 bits per heavy atom. The number of halogens is 1. The topological polar surface area (TPSA) is 0 Å². The van der Waals surface area contributed by atoms with Crippen molar-refractivity contribution >= 4 is 0 Å². The van der Waals surface area contributed by atoms with Crippen LogP contribution in [0.3, 0.4) is 0 Å². The van der Waals surface area contributed by atoms with Gasteiger partial charge in [-0.05, 0) is 24.5 Å². The molecule has 1 atom stereocenters. The van der Waals surface area contributed by atoms with E-state index in [1.54, 1.807) is 6.92 Å². The van der Waals surface area contributed by atoms with Crippen molar-refractivity contribution in [3.05, 3.63) is 35.7 Å². The van der Waals surface area contributed by atoms with E-state index in [1.165, 1.54) is 6.08 Å². The summed E-state index contributed by atoms with van der Waals surface area (Å²) in [6.45, 7) is 3.80. The largest absolute Gasteiger partial charge is 0.207 e. The van der Waals surface area contributed by atoms with Crippen LogP contribution < -0.4 is 0 Å². The molecule has 54 valence electrons. The van der Waals surface area contributed by atoms with Crippen molar-refractivity contribution in [1.29, 1.82) is 0 Å². The van der Waals surface area contributed by atoms with Gasteiger partial charge in [0.25, 0.3) is 0 Å². The van der Waals surface area contributed by atoms with Crippen molar-refractivity contribution < 1.29 is 4.39 Å². The van der Waals surface area contributed by atoms with Gasteiger partial charge in [-0.2, -0.15) is 0 Å². The number of hydrogen-bond donors (Lipinski definition) is 0. The summed E-state index contributed by atoms with van der Waals surface area (Å²) < 4.78 is 12.8. The Morgan fingerprint density at radius 3 is 2.60 bits per heavy atom.